The SMILES string of the molecule is CCOC(=O)C1=C(C)N=c2s/c(=C\c3ccc(-c4cccc(C(=O)OC)c4)o3)c(=O)n2[C@@H]1c1ccc(OC(C)C)cc1. The van der Waals surface area contributed by atoms with Crippen molar-refractivity contribution in [3.63, 3.8) is 0 Å². The fourth-order valence-electron chi connectivity index (χ4n) is 4.74. The van der Waals surface area contributed by atoms with E-state index in [-0.39, 0.29) is 18.3 Å². The lowest BCUT2D eigenvalue weighted by Crippen LogP contribution is -2.39. The number of methoxy groups -OCH3 is 1. The quantitative estimate of drug-likeness (QED) is 0.277. The number of allylic oxidation sites excluding steroid dienone is 1. The summed E-state index contributed by atoms with van der Waals surface area (Å²) < 4.78 is 23.9. The first-order chi connectivity index (χ1) is 20.2. The van der Waals surface area contributed by atoms with E-state index < -0.39 is 18.0 Å². The van der Waals surface area contributed by atoms with Gasteiger partial charge in [-0.05, 0) is 69.7 Å². The number of hydrogen-bond acceptors (Lipinski definition) is 9. The summed E-state index contributed by atoms with van der Waals surface area (Å²) in [4.78, 5) is 44.0. The van der Waals surface area contributed by atoms with Gasteiger partial charge in [0.2, 0.25) is 0 Å². The number of thiazole rings is 1. The maximum atomic E-state index is 13.9. The van der Waals surface area contributed by atoms with Gasteiger partial charge in [0.25, 0.3) is 5.56 Å². The van der Waals surface area contributed by atoms with Crippen LogP contribution in [0.2, 0.25) is 0 Å². The third kappa shape index (κ3) is 5.71. The first kappa shape index (κ1) is 28.8. The van der Waals surface area contributed by atoms with E-state index in [4.69, 9.17) is 18.6 Å². The second-order valence-corrected chi connectivity index (χ2v) is 10.8. The predicted octanol–water partition coefficient (Wildman–Crippen LogP) is 4.63. The van der Waals surface area contributed by atoms with Gasteiger partial charge in [-0.1, -0.05) is 35.6 Å². The van der Waals surface area contributed by atoms with Gasteiger partial charge in [-0.25, -0.2) is 14.6 Å². The summed E-state index contributed by atoms with van der Waals surface area (Å²) >= 11 is 1.21. The lowest BCUT2D eigenvalue weighted by molar-refractivity contribution is -0.139. The zero-order valence-electron chi connectivity index (χ0n) is 23.9. The number of carbonyl (C=O) groups excluding carboxylic acids is 2. The van der Waals surface area contributed by atoms with Crippen LogP contribution in [-0.2, 0) is 14.3 Å². The molecule has 0 radical (unpaired) electrons. The number of furan rings is 1. The van der Waals surface area contributed by atoms with Gasteiger partial charge in [-0.15, -0.1) is 0 Å². The molecule has 1 atom stereocenters. The minimum absolute atomic E-state index is 0.00432. The second-order valence-electron chi connectivity index (χ2n) is 9.81. The van der Waals surface area contributed by atoms with Crippen molar-refractivity contribution >= 4 is 29.4 Å². The Morgan fingerprint density at radius 3 is 2.55 bits per heavy atom. The fourth-order valence-corrected chi connectivity index (χ4v) is 5.77. The van der Waals surface area contributed by atoms with Crippen LogP contribution in [0.3, 0.4) is 0 Å². The Hall–Kier alpha value is -4.70. The van der Waals surface area contributed by atoms with Gasteiger partial charge >= 0.3 is 11.9 Å². The van der Waals surface area contributed by atoms with Crippen LogP contribution < -0.4 is 19.6 Å². The number of nitrogens with zero attached hydrogens (tertiary/aromatic N) is 2. The topological polar surface area (TPSA) is 109 Å². The van der Waals surface area contributed by atoms with Gasteiger partial charge in [-0.2, -0.15) is 0 Å². The van der Waals surface area contributed by atoms with Crippen molar-refractivity contribution in [2.75, 3.05) is 13.7 Å². The zero-order valence-corrected chi connectivity index (χ0v) is 24.7. The van der Waals surface area contributed by atoms with Crippen LogP contribution in [0.15, 0.2) is 86.1 Å². The molecule has 1 aliphatic rings. The summed E-state index contributed by atoms with van der Waals surface area (Å²) in [5, 5.41) is 0. The average molecular weight is 587 g/mol. The Balaban J connectivity index is 1.58. The predicted molar refractivity (Wildman–Crippen MR) is 158 cm³/mol. The second kappa shape index (κ2) is 12.0. The minimum atomic E-state index is -0.733. The standard InChI is InChI=1S/C32H30N2O7S/c1-6-39-31(37)27-19(4)33-32-34(28(27)20-10-12-23(13-11-20)40-18(2)3)29(35)26(42-32)17-24-14-15-25(41-24)21-8-7-9-22(16-21)30(36)38-5/h7-18,28H,6H2,1-5H3/b26-17-/t28-/m1/s1. The molecule has 0 bridgehead atoms. The van der Waals surface area contributed by atoms with E-state index in [1.807, 2.05) is 44.2 Å². The molecular formula is C32H30N2O7S. The zero-order chi connectivity index (χ0) is 30.0. The van der Waals surface area contributed by atoms with Crippen molar-refractivity contribution in [2.45, 2.75) is 39.8 Å². The third-order valence-corrected chi connectivity index (χ3v) is 7.54. The van der Waals surface area contributed by atoms with E-state index in [9.17, 15) is 14.4 Å². The molecule has 0 spiro atoms. The number of carbonyl (C=O) groups is 2. The van der Waals surface area contributed by atoms with Crippen LogP contribution in [0.25, 0.3) is 17.4 Å². The van der Waals surface area contributed by atoms with Crippen molar-refractivity contribution in [1.82, 2.24) is 4.57 Å². The van der Waals surface area contributed by atoms with E-state index in [0.29, 0.717) is 49.0 Å². The molecule has 0 amide bonds. The van der Waals surface area contributed by atoms with Gasteiger partial charge in [0.15, 0.2) is 4.80 Å². The lowest BCUT2D eigenvalue weighted by atomic mass is 9.96. The van der Waals surface area contributed by atoms with Crippen LogP contribution in [0.1, 0.15) is 55.4 Å². The average Bonchev–Trinajstić information content (AvgIpc) is 3.56. The highest BCUT2D eigenvalue weighted by atomic mass is 32.1. The fraction of sp³-hybridized carbons (Fsp3) is 0.250. The molecule has 42 heavy (non-hydrogen) atoms. The van der Waals surface area contributed by atoms with Crippen molar-refractivity contribution in [3.05, 3.63) is 109 Å². The van der Waals surface area contributed by atoms with Gasteiger partial charge in [0, 0.05) is 11.6 Å². The third-order valence-electron chi connectivity index (χ3n) is 6.55. The summed E-state index contributed by atoms with van der Waals surface area (Å²) in [7, 11) is 1.33. The highest BCUT2D eigenvalue weighted by molar-refractivity contribution is 7.07. The molecule has 10 heteroatoms. The Bertz CT molecular complexity index is 1860. The van der Waals surface area contributed by atoms with E-state index in [0.717, 1.165) is 5.56 Å². The number of ether oxygens (including phenoxy) is 3. The van der Waals surface area contributed by atoms with E-state index in [1.54, 1.807) is 50.3 Å². The maximum Gasteiger partial charge on any atom is 0.338 e. The molecule has 0 saturated carbocycles. The Morgan fingerprint density at radius 2 is 1.86 bits per heavy atom. The summed E-state index contributed by atoms with van der Waals surface area (Å²) in [6, 6.07) is 17.0. The van der Waals surface area contributed by atoms with Crippen molar-refractivity contribution in [1.29, 1.82) is 0 Å². The largest absolute Gasteiger partial charge is 0.491 e. The van der Waals surface area contributed by atoms with Crippen LogP contribution >= 0.6 is 11.3 Å². The summed E-state index contributed by atoms with van der Waals surface area (Å²) in [6.07, 6.45) is 1.65. The molecule has 0 unspecified atom stereocenters. The molecule has 2 aromatic carbocycles. The molecule has 0 aliphatic carbocycles. The normalized spacial score (nSPS) is 14.9. The summed E-state index contributed by atoms with van der Waals surface area (Å²) in [5.74, 6) is 0.697. The number of benzene rings is 2. The Morgan fingerprint density at radius 1 is 1.10 bits per heavy atom. The van der Waals surface area contributed by atoms with Crippen molar-refractivity contribution in [3.8, 4) is 17.1 Å². The summed E-state index contributed by atoms with van der Waals surface area (Å²) in [5.41, 5.74) is 2.29. The highest BCUT2D eigenvalue weighted by Gasteiger charge is 2.33. The number of rotatable bonds is 8. The molecule has 1 aliphatic heterocycles. The van der Waals surface area contributed by atoms with Crippen LogP contribution in [0.4, 0.5) is 0 Å². The van der Waals surface area contributed by atoms with Crippen molar-refractivity contribution in [2.24, 2.45) is 4.99 Å². The van der Waals surface area contributed by atoms with Crippen LogP contribution in [0, 0.1) is 0 Å². The molecule has 9 nitrogen and oxygen atoms in total. The van der Waals surface area contributed by atoms with Gasteiger partial charge in [0.05, 0.1) is 47.2 Å². The van der Waals surface area contributed by atoms with Gasteiger partial charge in [0.1, 0.15) is 17.3 Å². The molecule has 5 rings (SSSR count). The maximum absolute atomic E-state index is 13.9. The van der Waals surface area contributed by atoms with E-state index in [2.05, 4.69) is 4.99 Å². The van der Waals surface area contributed by atoms with E-state index in [1.165, 1.54) is 23.0 Å². The van der Waals surface area contributed by atoms with Gasteiger partial charge < -0.3 is 18.6 Å². The minimum Gasteiger partial charge on any atom is -0.491 e. The number of fused-ring (bicyclic) bond motifs is 1. The lowest BCUT2D eigenvalue weighted by Gasteiger charge is -2.25. The molecule has 3 heterocycles. The van der Waals surface area contributed by atoms with Crippen LogP contribution in [0.5, 0.6) is 5.75 Å². The highest BCUT2D eigenvalue weighted by Crippen LogP contribution is 2.32. The molecular weight excluding hydrogens is 556 g/mol. The van der Waals surface area contributed by atoms with Crippen molar-refractivity contribution < 1.29 is 28.2 Å². The first-order valence-corrected chi connectivity index (χ1v) is 14.3. The monoisotopic (exact) mass is 586 g/mol. The molecule has 4 aromatic rings. The smallest absolute Gasteiger partial charge is 0.338 e. The molecule has 0 saturated heterocycles. The number of hydrogen-bond donors (Lipinski definition) is 0. The Kier molecular flexibility index (Phi) is 8.26. The van der Waals surface area contributed by atoms with E-state index >= 15 is 0 Å². The Labute approximate surface area is 246 Å². The van der Waals surface area contributed by atoms with Crippen LogP contribution in [-0.4, -0.2) is 36.3 Å². The molecule has 0 N–H and O–H groups in total. The van der Waals surface area contributed by atoms with Gasteiger partial charge in [-0.3, -0.25) is 9.36 Å². The number of esters is 2. The summed E-state index contributed by atoms with van der Waals surface area (Å²) in [6.45, 7) is 7.56. The number of aromatic nitrogens is 1. The first-order valence-electron chi connectivity index (χ1n) is 13.4. The molecule has 216 valence electrons. The molecule has 2 aromatic heterocycles. The molecule has 0 fully saturated rings.